The summed E-state index contributed by atoms with van der Waals surface area (Å²) < 4.78 is 27.6. The number of nitrogens with two attached hydrogens (primary N) is 1. The first-order valence-corrected chi connectivity index (χ1v) is 13.4. The van der Waals surface area contributed by atoms with Crippen molar-refractivity contribution in [1.29, 1.82) is 0 Å². The van der Waals surface area contributed by atoms with E-state index >= 15 is 0 Å². The molecule has 2 aromatic rings. The van der Waals surface area contributed by atoms with Crippen LogP contribution >= 0.6 is 0 Å². The summed E-state index contributed by atoms with van der Waals surface area (Å²) in [7, 11) is 0. The van der Waals surface area contributed by atoms with E-state index in [1.54, 1.807) is 0 Å². The van der Waals surface area contributed by atoms with E-state index < -0.39 is 29.3 Å². The Labute approximate surface area is 230 Å². The van der Waals surface area contributed by atoms with Crippen LogP contribution in [0.25, 0.3) is 0 Å². The number of rotatable bonds is 12. The first kappa shape index (κ1) is 30.7. The molecule has 39 heavy (non-hydrogen) atoms. The second-order valence-electron chi connectivity index (χ2n) is 11.3. The number of benzene rings is 2. The number of hydroxylamine groups is 1. The van der Waals surface area contributed by atoms with E-state index in [0.717, 1.165) is 23.7 Å². The number of aliphatic hydroxyl groups excluding tert-OH is 1. The monoisotopic (exact) mass is 544 g/mol. The topological polar surface area (TPSA) is 109 Å². The highest BCUT2D eigenvalue weighted by Gasteiger charge is 2.36. The molecular formula is C30H42F2N4O3. The van der Waals surface area contributed by atoms with Crippen molar-refractivity contribution in [3.63, 3.8) is 0 Å². The molecule has 6 N–H and O–H groups in total. The summed E-state index contributed by atoms with van der Waals surface area (Å²) in [5, 5.41) is 17.6. The van der Waals surface area contributed by atoms with Gasteiger partial charge in [-0.05, 0) is 59.9 Å². The second-order valence-corrected chi connectivity index (χ2v) is 11.3. The lowest BCUT2D eigenvalue weighted by Crippen LogP contribution is -2.53. The van der Waals surface area contributed by atoms with E-state index in [4.69, 9.17) is 10.6 Å². The van der Waals surface area contributed by atoms with Crippen molar-refractivity contribution in [3.05, 3.63) is 82.6 Å². The number of nitrogens with one attached hydrogen (secondary N) is 3. The minimum atomic E-state index is -1.01. The van der Waals surface area contributed by atoms with Crippen LogP contribution in [0.15, 0.2) is 54.2 Å². The van der Waals surface area contributed by atoms with E-state index in [1.807, 2.05) is 0 Å². The van der Waals surface area contributed by atoms with Crippen molar-refractivity contribution in [1.82, 2.24) is 16.1 Å². The molecule has 0 spiro atoms. The minimum absolute atomic E-state index is 0.0409. The van der Waals surface area contributed by atoms with Gasteiger partial charge in [-0.3, -0.25) is 15.1 Å². The number of halogens is 2. The van der Waals surface area contributed by atoms with Gasteiger partial charge in [-0.25, -0.2) is 8.78 Å². The zero-order valence-electron chi connectivity index (χ0n) is 23.3. The van der Waals surface area contributed by atoms with Crippen LogP contribution in [-0.4, -0.2) is 42.9 Å². The SMILES string of the molecule is CC(=O)NC(Cc1cc(F)cc(F)c1)C(O)CNC1(c2cccc(C(C)(C)C)c2)CC=C(NOCCN)CC1. The largest absolute Gasteiger partial charge is 0.390 e. The molecule has 0 saturated carbocycles. The highest BCUT2D eigenvalue weighted by atomic mass is 19.1. The van der Waals surface area contributed by atoms with E-state index in [0.29, 0.717) is 31.6 Å². The second kappa shape index (κ2) is 13.5. The Balaban J connectivity index is 1.84. The Bertz CT molecular complexity index is 1130. The fourth-order valence-electron chi connectivity index (χ4n) is 4.92. The molecule has 3 unspecified atom stereocenters. The van der Waals surface area contributed by atoms with Gasteiger partial charge in [0.1, 0.15) is 11.6 Å². The number of carbonyl (C=O) groups is 1. The first-order valence-electron chi connectivity index (χ1n) is 13.4. The van der Waals surface area contributed by atoms with Crippen LogP contribution < -0.4 is 21.8 Å². The summed E-state index contributed by atoms with van der Waals surface area (Å²) >= 11 is 0. The van der Waals surface area contributed by atoms with Crippen LogP contribution in [0.5, 0.6) is 0 Å². The fraction of sp³-hybridized carbons (Fsp3) is 0.500. The van der Waals surface area contributed by atoms with Crippen LogP contribution in [0, 0.1) is 11.6 Å². The predicted molar refractivity (Wildman–Crippen MR) is 149 cm³/mol. The fourth-order valence-corrected chi connectivity index (χ4v) is 4.92. The smallest absolute Gasteiger partial charge is 0.217 e. The molecule has 0 aliphatic heterocycles. The number of aliphatic hydroxyl groups is 1. The summed E-state index contributed by atoms with van der Waals surface area (Å²) in [6.07, 6.45) is 3.24. The molecule has 7 nitrogen and oxygen atoms in total. The molecule has 0 saturated heterocycles. The average Bonchev–Trinajstić information content (AvgIpc) is 2.86. The van der Waals surface area contributed by atoms with Crippen LogP contribution in [0.4, 0.5) is 8.78 Å². The molecule has 1 aliphatic rings. The average molecular weight is 545 g/mol. The van der Waals surface area contributed by atoms with Crippen molar-refractivity contribution >= 4 is 5.91 Å². The lowest BCUT2D eigenvalue weighted by Gasteiger charge is -2.40. The van der Waals surface area contributed by atoms with Crippen LogP contribution in [0.2, 0.25) is 0 Å². The minimum Gasteiger partial charge on any atom is -0.390 e. The Morgan fingerprint density at radius 3 is 2.49 bits per heavy atom. The van der Waals surface area contributed by atoms with Crippen LogP contribution in [0.3, 0.4) is 0 Å². The van der Waals surface area contributed by atoms with Crippen molar-refractivity contribution in [2.45, 2.75) is 76.5 Å². The third-order valence-electron chi connectivity index (χ3n) is 7.10. The van der Waals surface area contributed by atoms with E-state index in [1.165, 1.54) is 24.6 Å². The molecule has 0 radical (unpaired) electrons. The Hall–Kier alpha value is -2.85. The van der Waals surface area contributed by atoms with Gasteiger partial charge in [0.05, 0.1) is 18.8 Å². The summed E-state index contributed by atoms with van der Waals surface area (Å²) in [6, 6.07) is 10.9. The first-order chi connectivity index (χ1) is 18.4. The number of allylic oxidation sites excluding steroid dienone is 1. The molecule has 2 aromatic carbocycles. The third-order valence-corrected chi connectivity index (χ3v) is 7.10. The van der Waals surface area contributed by atoms with Gasteiger partial charge in [0, 0.05) is 37.3 Å². The predicted octanol–water partition coefficient (Wildman–Crippen LogP) is 3.70. The summed E-state index contributed by atoms with van der Waals surface area (Å²) in [6.45, 7) is 8.83. The number of hydrogen-bond donors (Lipinski definition) is 5. The van der Waals surface area contributed by atoms with Gasteiger partial charge in [0.15, 0.2) is 0 Å². The van der Waals surface area contributed by atoms with Gasteiger partial charge in [0.25, 0.3) is 0 Å². The Morgan fingerprint density at radius 2 is 1.90 bits per heavy atom. The van der Waals surface area contributed by atoms with Gasteiger partial charge < -0.3 is 21.5 Å². The molecule has 0 aromatic heterocycles. The van der Waals surface area contributed by atoms with Gasteiger partial charge in [-0.15, -0.1) is 0 Å². The maximum atomic E-state index is 13.8. The third kappa shape index (κ3) is 8.83. The van der Waals surface area contributed by atoms with Crippen LogP contribution in [0.1, 0.15) is 63.6 Å². The quantitative estimate of drug-likeness (QED) is 0.206. The zero-order chi connectivity index (χ0) is 28.6. The van der Waals surface area contributed by atoms with Crippen molar-refractivity contribution < 1.29 is 23.5 Å². The maximum Gasteiger partial charge on any atom is 0.217 e. The molecule has 3 rings (SSSR count). The lowest BCUT2D eigenvalue weighted by atomic mass is 9.76. The maximum absolute atomic E-state index is 13.8. The molecule has 0 fully saturated rings. The summed E-state index contributed by atoms with van der Waals surface area (Å²) in [4.78, 5) is 17.3. The van der Waals surface area contributed by atoms with Crippen LogP contribution in [-0.2, 0) is 27.0 Å². The van der Waals surface area contributed by atoms with Gasteiger partial charge in [0.2, 0.25) is 5.91 Å². The number of hydrogen-bond acceptors (Lipinski definition) is 6. The van der Waals surface area contributed by atoms with Gasteiger partial charge in [-0.2, -0.15) is 0 Å². The van der Waals surface area contributed by atoms with Crippen molar-refractivity contribution in [2.75, 3.05) is 19.7 Å². The Kier molecular flexibility index (Phi) is 10.6. The van der Waals surface area contributed by atoms with Crippen molar-refractivity contribution in [2.24, 2.45) is 5.73 Å². The highest BCUT2D eigenvalue weighted by Crippen LogP contribution is 2.38. The molecule has 9 heteroatoms. The molecule has 1 amide bonds. The van der Waals surface area contributed by atoms with Gasteiger partial charge in [-0.1, -0.05) is 51.1 Å². The van der Waals surface area contributed by atoms with E-state index in [2.05, 4.69) is 67.2 Å². The van der Waals surface area contributed by atoms with E-state index in [-0.39, 0.29) is 24.3 Å². The molecule has 1 aliphatic carbocycles. The number of amides is 1. The lowest BCUT2D eigenvalue weighted by molar-refractivity contribution is -0.120. The normalized spacial score (nSPS) is 19.2. The molecule has 0 heterocycles. The zero-order valence-corrected chi connectivity index (χ0v) is 23.3. The molecular weight excluding hydrogens is 502 g/mol. The standard InChI is InChI=1S/C30H42F2N4O3/c1-20(37)35-27(16-21-14-24(31)18-25(32)15-21)28(38)19-34-30(10-8-26(9-11-30)36-39-13-12-33)23-7-5-6-22(17-23)29(2,3)4/h5-8,14-15,17-18,27-28,34,36,38H,9-13,16,19,33H2,1-4H3,(H,35,37). The Morgan fingerprint density at radius 1 is 1.18 bits per heavy atom. The molecule has 214 valence electrons. The van der Waals surface area contributed by atoms with Crippen molar-refractivity contribution in [3.8, 4) is 0 Å². The molecule has 0 bridgehead atoms. The summed E-state index contributed by atoms with van der Waals surface area (Å²) in [5.41, 5.74) is 11.6. The molecule has 3 atom stereocenters. The van der Waals surface area contributed by atoms with Gasteiger partial charge >= 0.3 is 0 Å². The number of carbonyl (C=O) groups excluding carboxylic acids is 1. The summed E-state index contributed by atoms with van der Waals surface area (Å²) in [5.74, 6) is -1.74. The highest BCUT2D eigenvalue weighted by molar-refractivity contribution is 5.73. The van der Waals surface area contributed by atoms with E-state index in [9.17, 15) is 18.7 Å².